The summed E-state index contributed by atoms with van der Waals surface area (Å²) >= 11 is 0. The van der Waals surface area contributed by atoms with Crippen molar-refractivity contribution < 1.29 is 9.53 Å². The van der Waals surface area contributed by atoms with Gasteiger partial charge in [-0.25, -0.2) is 0 Å². The van der Waals surface area contributed by atoms with Gasteiger partial charge in [0.15, 0.2) is 0 Å². The van der Waals surface area contributed by atoms with Crippen LogP contribution in [0.25, 0.3) is 0 Å². The van der Waals surface area contributed by atoms with Gasteiger partial charge in [-0.3, -0.25) is 4.79 Å². The first-order valence-electron chi connectivity index (χ1n) is 6.82. The molecule has 1 aromatic carbocycles. The van der Waals surface area contributed by atoms with E-state index >= 15 is 0 Å². The lowest BCUT2D eigenvalue weighted by atomic mass is 10.0. The SMILES string of the molecule is COc1ccccc1[C@@H](C)NC(=O)C1CCCC1N. The van der Waals surface area contributed by atoms with Crippen LogP contribution in [0.5, 0.6) is 5.75 Å². The first-order valence-corrected chi connectivity index (χ1v) is 6.82. The molecule has 1 amide bonds. The average molecular weight is 262 g/mol. The van der Waals surface area contributed by atoms with Gasteiger partial charge in [-0.15, -0.1) is 0 Å². The third-order valence-corrected chi connectivity index (χ3v) is 3.87. The van der Waals surface area contributed by atoms with E-state index in [1.54, 1.807) is 7.11 Å². The van der Waals surface area contributed by atoms with Crippen LogP contribution in [0.15, 0.2) is 24.3 Å². The molecule has 3 atom stereocenters. The molecular formula is C15H22N2O2. The minimum atomic E-state index is -0.0727. The van der Waals surface area contributed by atoms with Crippen molar-refractivity contribution in [1.29, 1.82) is 0 Å². The molecule has 2 unspecified atom stereocenters. The third-order valence-electron chi connectivity index (χ3n) is 3.87. The van der Waals surface area contributed by atoms with E-state index in [2.05, 4.69) is 5.32 Å². The fraction of sp³-hybridized carbons (Fsp3) is 0.533. The number of nitrogens with two attached hydrogens (primary N) is 1. The summed E-state index contributed by atoms with van der Waals surface area (Å²) in [6.07, 6.45) is 2.88. The number of amides is 1. The van der Waals surface area contributed by atoms with Gasteiger partial charge in [-0.2, -0.15) is 0 Å². The van der Waals surface area contributed by atoms with Gasteiger partial charge >= 0.3 is 0 Å². The number of hydrogen-bond acceptors (Lipinski definition) is 3. The summed E-state index contributed by atoms with van der Waals surface area (Å²) in [7, 11) is 1.64. The fourth-order valence-corrected chi connectivity index (χ4v) is 2.74. The molecule has 0 spiro atoms. The largest absolute Gasteiger partial charge is 0.496 e. The zero-order chi connectivity index (χ0) is 13.8. The number of hydrogen-bond donors (Lipinski definition) is 2. The minimum Gasteiger partial charge on any atom is -0.496 e. The zero-order valence-electron chi connectivity index (χ0n) is 11.6. The molecule has 0 bridgehead atoms. The maximum atomic E-state index is 12.2. The van der Waals surface area contributed by atoms with Gasteiger partial charge in [0.2, 0.25) is 5.91 Å². The van der Waals surface area contributed by atoms with Crippen molar-refractivity contribution in [3.05, 3.63) is 29.8 Å². The topological polar surface area (TPSA) is 64.3 Å². The minimum absolute atomic E-state index is 0.00451. The van der Waals surface area contributed by atoms with Crippen LogP contribution >= 0.6 is 0 Å². The highest BCUT2D eigenvalue weighted by Crippen LogP contribution is 2.27. The van der Waals surface area contributed by atoms with Crippen molar-refractivity contribution in [1.82, 2.24) is 5.32 Å². The van der Waals surface area contributed by atoms with Crippen LogP contribution in [0.1, 0.15) is 37.8 Å². The van der Waals surface area contributed by atoms with Crippen molar-refractivity contribution >= 4 is 5.91 Å². The Morgan fingerprint density at radius 2 is 2.16 bits per heavy atom. The van der Waals surface area contributed by atoms with Crippen LogP contribution in [0.4, 0.5) is 0 Å². The Hall–Kier alpha value is -1.55. The van der Waals surface area contributed by atoms with Crippen molar-refractivity contribution in [3.8, 4) is 5.75 Å². The Morgan fingerprint density at radius 3 is 2.79 bits per heavy atom. The molecule has 19 heavy (non-hydrogen) atoms. The molecule has 2 rings (SSSR count). The Bertz CT molecular complexity index is 448. The van der Waals surface area contributed by atoms with Crippen LogP contribution < -0.4 is 15.8 Å². The number of benzene rings is 1. The zero-order valence-corrected chi connectivity index (χ0v) is 11.6. The molecular weight excluding hydrogens is 240 g/mol. The smallest absolute Gasteiger partial charge is 0.225 e. The van der Waals surface area contributed by atoms with Crippen molar-refractivity contribution in [2.24, 2.45) is 11.7 Å². The number of carbonyl (C=O) groups excluding carboxylic acids is 1. The standard InChI is InChI=1S/C15H22N2O2/c1-10(11-6-3-4-9-14(11)19-2)17-15(18)12-7-5-8-13(12)16/h3-4,6,9-10,12-13H,5,7-8,16H2,1-2H3,(H,17,18)/t10-,12?,13?/m1/s1. The summed E-state index contributed by atoms with van der Waals surface area (Å²) in [5, 5.41) is 3.04. The molecule has 4 heteroatoms. The second kappa shape index (κ2) is 6.06. The summed E-state index contributed by atoms with van der Waals surface area (Å²) in [5.74, 6) is 0.812. The number of methoxy groups -OCH3 is 1. The predicted octanol–water partition coefficient (Wildman–Crippen LogP) is 2.00. The van der Waals surface area contributed by atoms with Crippen LogP contribution in [-0.4, -0.2) is 19.1 Å². The molecule has 1 saturated carbocycles. The van der Waals surface area contributed by atoms with E-state index in [0.29, 0.717) is 0 Å². The summed E-state index contributed by atoms with van der Waals surface area (Å²) in [6, 6.07) is 7.67. The molecule has 4 nitrogen and oxygen atoms in total. The van der Waals surface area contributed by atoms with Crippen molar-refractivity contribution in [2.75, 3.05) is 7.11 Å². The molecule has 1 aliphatic carbocycles. The summed E-state index contributed by atoms with van der Waals surface area (Å²) < 4.78 is 5.32. The lowest BCUT2D eigenvalue weighted by molar-refractivity contribution is -0.125. The predicted molar refractivity (Wildman–Crippen MR) is 74.9 cm³/mol. The van der Waals surface area contributed by atoms with E-state index < -0.39 is 0 Å². The average Bonchev–Trinajstić information content (AvgIpc) is 2.85. The van der Waals surface area contributed by atoms with Crippen molar-refractivity contribution in [3.63, 3.8) is 0 Å². The number of ether oxygens (including phenoxy) is 1. The second-order valence-electron chi connectivity index (χ2n) is 5.17. The molecule has 104 valence electrons. The highest BCUT2D eigenvalue weighted by molar-refractivity contribution is 5.80. The number of rotatable bonds is 4. The lowest BCUT2D eigenvalue weighted by Crippen LogP contribution is -2.39. The van der Waals surface area contributed by atoms with Crippen LogP contribution in [0.3, 0.4) is 0 Å². The van der Waals surface area contributed by atoms with E-state index in [-0.39, 0.29) is 23.9 Å². The highest BCUT2D eigenvalue weighted by Gasteiger charge is 2.31. The number of nitrogens with one attached hydrogen (secondary N) is 1. The molecule has 0 aliphatic heterocycles. The molecule has 0 saturated heterocycles. The van der Waals surface area contributed by atoms with Crippen LogP contribution in [0, 0.1) is 5.92 Å². The number of para-hydroxylation sites is 1. The molecule has 3 N–H and O–H groups in total. The van der Waals surface area contributed by atoms with E-state index in [9.17, 15) is 4.79 Å². The second-order valence-corrected chi connectivity index (χ2v) is 5.17. The van der Waals surface area contributed by atoms with Crippen LogP contribution in [-0.2, 0) is 4.79 Å². The monoisotopic (exact) mass is 262 g/mol. The van der Waals surface area contributed by atoms with E-state index in [0.717, 1.165) is 30.6 Å². The molecule has 1 aromatic rings. The summed E-state index contributed by atoms with van der Waals surface area (Å²) in [4.78, 5) is 12.2. The first-order chi connectivity index (χ1) is 9.13. The molecule has 0 heterocycles. The van der Waals surface area contributed by atoms with Gasteiger partial charge in [0, 0.05) is 11.6 Å². The van der Waals surface area contributed by atoms with Gasteiger partial charge in [0.05, 0.1) is 19.1 Å². The normalized spacial score (nSPS) is 23.9. The molecule has 1 aliphatic rings. The summed E-state index contributed by atoms with van der Waals surface area (Å²) in [5.41, 5.74) is 6.96. The first kappa shape index (κ1) is 13.9. The fourth-order valence-electron chi connectivity index (χ4n) is 2.74. The van der Waals surface area contributed by atoms with E-state index in [1.165, 1.54) is 0 Å². The van der Waals surface area contributed by atoms with Gasteiger partial charge in [0.25, 0.3) is 0 Å². The number of carbonyl (C=O) groups is 1. The Kier molecular flexibility index (Phi) is 4.43. The highest BCUT2D eigenvalue weighted by atomic mass is 16.5. The lowest BCUT2D eigenvalue weighted by Gasteiger charge is -2.21. The van der Waals surface area contributed by atoms with Crippen molar-refractivity contribution in [2.45, 2.75) is 38.3 Å². The van der Waals surface area contributed by atoms with Gasteiger partial charge in [-0.05, 0) is 25.8 Å². The Morgan fingerprint density at radius 1 is 1.42 bits per heavy atom. The van der Waals surface area contributed by atoms with E-state index in [1.807, 2.05) is 31.2 Å². The maximum absolute atomic E-state index is 12.2. The third kappa shape index (κ3) is 3.07. The molecule has 0 radical (unpaired) electrons. The van der Waals surface area contributed by atoms with Crippen LogP contribution in [0.2, 0.25) is 0 Å². The van der Waals surface area contributed by atoms with Gasteiger partial charge in [0.1, 0.15) is 5.75 Å². The molecule has 1 fully saturated rings. The Labute approximate surface area is 114 Å². The quantitative estimate of drug-likeness (QED) is 0.872. The Balaban J connectivity index is 2.04. The van der Waals surface area contributed by atoms with Gasteiger partial charge in [-0.1, -0.05) is 24.6 Å². The van der Waals surface area contributed by atoms with E-state index in [4.69, 9.17) is 10.5 Å². The molecule has 0 aromatic heterocycles. The van der Waals surface area contributed by atoms with Gasteiger partial charge < -0.3 is 15.8 Å². The summed E-state index contributed by atoms with van der Waals surface area (Å²) in [6.45, 7) is 1.97. The maximum Gasteiger partial charge on any atom is 0.225 e.